The Kier molecular flexibility index (Phi) is 3.44. The molecule has 90 valence electrons. The number of hydrogen-bond donors (Lipinski definition) is 2. The second-order valence-electron chi connectivity index (χ2n) is 3.82. The SMILES string of the molecule is O=C(O)C(=Cc1ccccc1)c1cccc(O)c1. The van der Waals surface area contributed by atoms with E-state index in [4.69, 9.17) is 0 Å². The molecule has 3 heteroatoms. The van der Waals surface area contributed by atoms with Crippen LogP contribution in [0.3, 0.4) is 0 Å². The smallest absolute Gasteiger partial charge is 0.336 e. The summed E-state index contributed by atoms with van der Waals surface area (Å²) in [5.74, 6) is -0.975. The van der Waals surface area contributed by atoms with Gasteiger partial charge >= 0.3 is 5.97 Å². The molecule has 2 aromatic carbocycles. The summed E-state index contributed by atoms with van der Waals surface area (Å²) >= 11 is 0. The van der Waals surface area contributed by atoms with Gasteiger partial charge in [-0.3, -0.25) is 0 Å². The maximum absolute atomic E-state index is 11.3. The Morgan fingerprint density at radius 1 is 1.00 bits per heavy atom. The lowest BCUT2D eigenvalue weighted by Crippen LogP contribution is -1.99. The fourth-order valence-corrected chi connectivity index (χ4v) is 1.66. The molecule has 0 aliphatic carbocycles. The molecule has 0 fully saturated rings. The van der Waals surface area contributed by atoms with Gasteiger partial charge in [-0.15, -0.1) is 0 Å². The van der Waals surface area contributed by atoms with Crippen molar-refractivity contribution < 1.29 is 15.0 Å². The normalized spacial score (nSPS) is 11.2. The van der Waals surface area contributed by atoms with E-state index in [0.29, 0.717) is 5.56 Å². The van der Waals surface area contributed by atoms with Gasteiger partial charge in [-0.25, -0.2) is 4.79 Å². The number of benzene rings is 2. The lowest BCUT2D eigenvalue weighted by molar-refractivity contribution is -0.130. The average molecular weight is 240 g/mol. The van der Waals surface area contributed by atoms with Gasteiger partial charge in [-0.05, 0) is 29.3 Å². The van der Waals surface area contributed by atoms with Crippen molar-refractivity contribution in [3.05, 3.63) is 65.7 Å². The van der Waals surface area contributed by atoms with E-state index in [0.717, 1.165) is 5.56 Å². The summed E-state index contributed by atoms with van der Waals surface area (Å²) in [5, 5.41) is 18.6. The van der Waals surface area contributed by atoms with E-state index in [9.17, 15) is 15.0 Å². The van der Waals surface area contributed by atoms with E-state index < -0.39 is 5.97 Å². The van der Waals surface area contributed by atoms with Crippen molar-refractivity contribution in [2.24, 2.45) is 0 Å². The van der Waals surface area contributed by atoms with Crippen molar-refractivity contribution >= 4 is 17.6 Å². The first-order chi connectivity index (χ1) is 8.66. The van der Waals surface area contributed by atoms with E-state index >= 15 is 0 Å². The Labute approximate surface area is 105 Å². The molecule has 0 unspecified atom stereocenters. The molecule has 2 aromatic rings. The third-order valence-corrected chi connectivity index (χ3v) is 2.50. The number of hydrogen-bond acceptors (Lipinski definition) is 2. The van der Waals surface area contributed by atoms with Crippen LogP contribution in [0.4, 0.5) is 0 Å². The molecule has 0 atom stereocenters. The van der Waals surface area contributed by atoms with Crippen molar-refractivity contribution in [1.82, 2.24) is 0 Å². The summed E-state index contributed by atoms with van der Waals surface area (Å²) in [4.78, 5) is 11.3. The molecule has 0 saturated carbocycles. The fourth-order valence-electron chi connectivity index (χ4n) is 1.66. The molecule has 0 aliphatic heterocycles. The second kappa shape index (κ2) is 5.19. The largest absolute Gasteiger partial charge is 0.508 e. The van der Waals surface area contributed by atoms with Gasteiger partial charge in [0.1, 0.15) is 5.75 Å². The number of aliphatic carboxylic acids is 1. The van der Waals surface area contributed by atoms with Crippen LogP contribution in [-0.2, 0) is 4.79 Å². The maximum Gasteiger partial charge on any atom is 0.336 e. The van der Waals surface area contributed by atoms with E-state index in [1.807, 2.05) is 30.3 Å². The summed E-state index contributed by atoms with van der Waals surface area (Å²) in [6.45, 7) is 0. The van der Waals surface area contributed by atoms with Crippen LogP contribution in [0.1, 0.15) is 11.1 Å². The van der Waals surface area contributed by atoms with Crippen molar-refractivity contribution in [3.8, 4) is 5.75 Å². The standard InChI is InChI=1S/C15H12O3/c16-13-8-4-7-12(10-13)14(15(17)18)9-11-5-2-1-3-6-11/h1-10,16H,(H,17,18). The minimum Gasteiger partial charge on any atom is -0.508 e. The van der Waals surface area contributed by atoms with E-state index in [2.05, 4.69) is 0 Å². The van der Waals surface area contributed by atoms with Crippen LogP contribution in [-0.4, -0.2) is 16.2 Å². The first kappa shape index (κ1) is 11.9. The lowest BCUT2D eigenvalue weighted by Gasteiger charge is -2.03. The minimum absolute atomic E-state index is 0.0488. The van der Waals surface area contributed by atoms with Crippen LogP contribution < -0.4 is 0 Å². The highest BCUT2D eigenvalue weighted by atomic mass is 16.4. The molecule has 0 aliphatic rings. The second-order valence-corrected chi connectivity index (χ2v) is 3.82. The average Bonchev–Trinajstić information content (AvgIpc) is 2.37. The number of rotatable bonds is 3. The molecule has 0 bridgehead atoms. The Balaban J connectivity index is 2.47. The zero-order valence-corrected chi connectivity index (χ0v) is 9.58. The summed E-state index contributed by atoms with van der Waals surface area (Å²) in [5.41, 5.74) is 1.43. The lowest BCUT2D eigenvalue weighted by atomic mass is 10.0. The highest BCUT2D eigenvalue weighted by Crippen LogP contribution is 2.22. The third kappa shape index (κ3) is 2.77. The Morgan fingerprint density at radius 3 is 2.33 bits per heavy atom. The van der Waals surface area contributed by atoms with Gasteiger partial charge in [0, 0.05) is 0 Å². The molecule has 2 rings (SSSR count). The first-order valence-electron chi connectivity index (χ1n) is 5.46. The monoisotopic (exact) mass is 240 g/mol. The molecule has 18 heavy (non-hydrogen) atoms. The van der Waals surface area contributed by atoms with Gasteiger partial charge in [0.05, 0.1) is 5.57 Å². The van der Waals surface area contributed by atoms with Crippen molar-refractivity contribution in [1.29, 1.82) is 0 Å². The van der Waals surface area contributed by atoms with Crippen LogP contribution in [0.25, 0.3) is 11.6 Å². The maximum atomic E-state index is 11.3. The van der Waals surface area contributed by atoms with Crippen LogP contribution in [0, 0.1) is 0 Å². The van der Waals surface area contributed by atoms with Crippen molar-refractivity contribution in [2.45, 2.75) is 0 Å². The van der Waals surface area contributed by atoms with Crippen molar-refractivity contribution in [3.63, 3.8) is 0 Å². The van der Waals surface area contributed by atoms with E-state index in [1.165, 1.54) is 12.1 Å². The highest BCUT2D eigenvalue weighted by molar-refractivity contribution is 6.20. The molecular formula is C15H12O3. The molecule has 0 saturated heterocycles. The van der Waals surface area contributed by atoms with Gasteiger partial charge in [-0.2, -0.15) is 0 Å². The fraction of sp³-hybridized carbons (Fsp3) is 0. The Bertz CT molecular complexity index is 586. The van der Waals surface area contributed by atoms with Crippen molar-refractivity contribution in [2.75, 3.05) is 0 Å². The molecule has 0 spiro atoms. The number of phenols is 1. The predicted molar refractivity (Wildman–Crippen MR) is 70.1 cm³/mol. The van der Waals surface area contributed by atoms with Gasteiger partial charge in [0.2, 0.25) is 0 Å². The zero-order valence-electron chi connectivity index (χ0n) is 9.58. The topological polar surface area (TPSA) is 57.5 Å². The van der Waals surface area contributed by atoms with Gasteiger partial charge in [0.25, 0.3) is 0 Å². The zero-order chi connectivity index (χ0) is 13.0. The summed E-state index contributed by atoms with van der Waals surface area (Å²) in [7, 11) is 0. The number of aromatic hydroxyl groups is 1. The number of carboxylic acids is 1. The summed E-state index contributed by atoms with van der Waals surface area (Å²) in [6.07, 6.45) is 1.58. The number of phenolic OH excluding ortho intramolecular Hbond substituents is 1. The molecule has 0 amide bonds. The predicted octanol–water partition coefficient (Wildman–Crippen LogP) is 3.02. The Hall–Kier alpha value is -2.55. The molecule has 0 aromatic heterocycles. The summed E-state index contributed by atoms with van der Waals surface area (Å²) < 4.78 is 0. The number of carboxylic acid groups (broad SMARTS) is 1. The van der Waals surface area contributed by atoms with Crippen LogP contribution in [0.2, 0.25) is 0 Å². The van der Waals surface area contributed by atoms with Gasteiger partial charge in [-0.1, -0.05) is 42.5 Å². The quantitative estimate of drug-likeness (QED) is 0.640. The third-order valence-electron chi connectivity index (χ3n) is 2.50. The van der Waals surface area contributed by atoms with E-state index in [-0.39, 0.29) is 11.3 Å². The minimum atomic E-state index is -1.02. The molecular weight excluding hydrogens is 228 g/mol. The van der Waals surface area contributed by atoms with Gasteiger partial charge < -0.3 is 10.2 Å². The highest BCUT2D eigenvalue weighted by Gasteiger charge is 2.10. The first-order valence-corrected chi connectivity index (χ1v) is 5.46. The molecule has 3 nitrogen and oxygen atoms in total. The number of carbonyl (C=O) groups is 1. The molecule has 2 N–H and O–H groups in total. The van der Waals surface area contributed by atoms with E-state index in [1.54, 1.807) is 18.2 Å². The molecule has 0 radical (unpaired) electrons. The molecule has 0 heterocycles. The van der Waals surface area contributed by atoms with Gasteiger partial charge in [0.15, 0.2) is 0 Å². The summed E-state index contributed by atoms with van der Waals surface area (Å²) in [6, 6.07) is 15.4. The van der Waals surface area contributed by atoms with Crippen LogP contribution >= 0.6 is 0 Å². The van der Waals surface area contributed by atoms with Crippen LogP contribution in [0.5, 0.6) is 5.75 Å². The van der Waals surface area contributed by atoms with Crippen LogP contribution in [0.15, 0.2) is 54.6 Å². The Morgan fingerprint density at radius 2 is 1.72 bits per heavy atom.